The van der Waals surface area contributed by atoms with Crippen LogP contribution in [-0.2, 0) is 28.6 Å². The first-order chi connectivity index (χ1) is 24.1. The van der Waals surface area contributed by atoms with Gasteiger partial charge in [-0.15, -0.1) is 0 Å². The van der Waals surface area contributed by atoms with Crippen LogP contribution in [0.15, 0.2) is 121 Å². The molecular formula is C39H33Cl3N2O5S. The molecule has 1 heterocycles. The lowest BCUT2D eigenvalue weighted by atomic mass is 9.97. The van der Waals surface area contributed by atoms with Crippen LogP contribution >= 0.6 is 34.8 Å². The number of carboxylic acids is 1. The van der Waals surface area contributed by atoms with Crippen molar-refractivity contribution in [1.29, 1.82) is 0 Å². The Bertz CT molecular complexity index is 2170. The van der Waals surface area contributed by atoms with Gasteiger partial charge in [-0.05, 0) is 76.9 Å². The van der Waals surface area contributed by atoms with E-state index in [4.69, 9.17) is 39.5 Å². The third kappa shape index (κ3) is 8.52. The second kappa shape index (κ2) is 15.7. The zero-order chi connectivity index (χ0) is 35.3. The molecule has 0 aliphatic carbocycles. The lowest BCUT2D eigenvalue weighted by molar-refractivity contribution is 0.0697. The van der Waals surface area contributed by atoms with Crippen LogP contribution in [0.5, 0.6) is 5.75 Å². The summed E-state index contributed by atoms with van der Waals surface area (Å²) < 4.78 is 37.7. The highest BCUT2D eigenvalue weighted by molar-refractivity contribution is 7.88. The molecule has 0 amide bonds. The van der Waals surface area contributed by atoms with Gasteiger partial charge >= 0.3 is 5.97 Å². The van der Waals surface area contributed by atoms with Crippen LogP contribution in [0.3, 0.4) is 0 Å². The molecule has 5 aromatic carbocycles. The number of halogens is 3. The lowest BCUT2D eigenvalue weighted by Crippen LogP contribution is -2.28. The summed E-state index contributed by atoms with van der Waals surface area (Å²) in [6.07, 6.45) is 0.853. The minimum atomic E-state index is -3.75. The fourth-order valence-electron chi connectivity index (χ4n) is 6.27. The Morgan fingerprint density at radius 1 is 0.760 bits per heavy atom. The Kier molecular flexibility index (Phi) is 11.2. The number of nitrogens with one attached hydrogen (secondary N) is 1. The third-order valence-electron chi connectivity index (χ3n) is 8.36. The van der Waals surface area contributed by atoms with E-state index in [1.807, 2.05) is 54.6 Å². The molecule has 2 N–H and O–H groups in total. The van der Waals surface area contributed by atoms with Gasteiger partial charge in [-0.1, -0.05) is 102 Å². The summed E-state index contributed by atoms with van der Waals surface area (Å²) in [6, 6.07) is 36.9. The van der Waals surface area contributed by atoms with Gasteiger partial charge in [0.05, 0.1) is 29.5 Å². The van der Waals surface area contributed by atoms with E-state index in [-0.39, 0.29) is 23.9 Å². The molecule has 0 radical (unpaired) electrons. The quantitative estimate of drug-likeness (QED) is 0.116. The van der Waals surface area contributed by atoms with E-state index in [0.29, 0.717) is 45.8 Å². The number of carboxylic acid groups (broad SMARTS) is 1. The Balaban J connectivity index is 1.40. The van der Waals surface area contributed by atoms with Crippen molar-refractivity contribution in [3.63, 3.8) is 0 Å². The number of fused-ring (bicyclic) bond motifs is 1. The highest BCUT2D eigenvalue weighted by Gasteiger charge is 2.26. The molecule has 0 saturated heterocycles. The van der Waals surface area contributed by atoms with E-state index in [9.17, 15) is 18.3 Å². The first kappa shape index (κ1) is 35.5. The van der Waals surface area contributed by atoms with Crippen LogP contribution < -0.4 is 9.46 Å². The standard InChI is InChI=1S/C39H33Cl3N2O5S/c40-30-13-16-34-35(18-20-49-33-14-11-29(12-15-33)39(45)46)36(17-19-43-50(47,48)25-26-21-31(41)23-32(42)22-26)44(37(34)24-30)38(27-7-3-1-4-8-27)28-9-5-2-6-10-28/h1-16,21-24,38,43H,17-20,25H2,(H,45,46). The molecule has 256 valence electrons. The van der Waals surface area contributed by atoms with Crippen molar-refractivity contribution in [1.82, 2.24) is 9.29 Å². The van der Waals surface area contributed by atoms with E-state index in [1.165, 1.54) is 12.1 Å². The number of rotatable bonds is 14. The van der Waals surface area contributed by atoms with Crippen LogP contribution in [0.25, 0.3) is 10.9 Å². The predicted octanol–water partition coefficient (Wildman–Crippen LogP) is 9.22. The summed E-state index contributed by atoms with van der Waals surface area (Å²) in [5.74, 6) is -0.737. The van der Waals surface area contributed by atoms with Crippen LogP contribution in [0, 0.1) is 0 Å². The molecule has 7 nitrogen and oxygen atoms in total. The van der Waals surface area contributed by atoms with Gasteiger partial charge in [-0.2, -0.15) is 0 Å². The van der Waals surface area contributed by atoms with E-state index in [2.05, 4.69) is 33.6 Å². The highest BCUT2D eigenvalue weighted by atomic mass is 35.5. The number of aromatic nitrogens is 1. The number of carbonyl (C=O) groups is 1. The maximum absolute atomic E-state index is 13.3. The summed E-state index contributed by atoms with van der Waals surface area (Å²) in [5.41, 5.74) is 5.60. The predicted molar refractivity (Wildman–Crippen MR) is 200 cm³/mol. The molecule has 0 bridgehead atoms. The summed E-state index contributed by atoms with van der Waals surface area (Å²) in [6.45, 7) is 0.422. The van der Waals surface area contributed by atoms with Crippen molar-refractivity contribution in [3.8, 4) is 5.75 Å². The van der Waals surface area contributed by atoms with Gasteiger partial charge in [-0.3, -0.25) is 0 Å². The summed E-state index contributed by atoms with van der Waals surface area (Å²) >= 11 is 18.9. The zero-order valence-corrected chi connectivity index (χ0v) is 29.8. The fraction of sp³-hybridized carbons (Fsp3) is 0.154. The summed E-state index contributed by atoms with van der Waals surface area (Å²) in [7, 11) is -3.75. The Morgan fingerprint density at radius 2 is 1.38 bits per heavy atom. The van der Waals surface area contributed by atoms with E-state index in [1.54, 1.807) is 30.3 Å². The van der Waals surface area contributed by atoms with E-state index in [0.717, 1.165) is 33.3 Å². The average Bonchev–Trinajstić information content (AvgIpc) is 3.37. The van der Waals surface area contributed by atoms with Crippen LogP contribution in [0.1, 0.15) is 44.3 Å². The first-order valence-electron chi connectivity index (χ1n) is 15.9. The number of sulfonamides is 1. The fourth-order valence-corrected chi connectivity index (χ4v) is 8.12. The Hall–Kier alpha value is -4.31. The normalized spacial score (nSPS) is 11.7. The Morgan fingerprint density at radius 3 is 1.98 bits per heavy atom. The van der Waals surface area contributed by atoms with Crippen molar-refractivity contribution in [2.45, 2.75) is 24.6 Å². The molecular weight excluding hydrogens is 715 g/mol. The van der Waals surface area contributed by atoms with Crippen molar-refractivity contribution in [2.24, 2.45) is 0 Å². The molecule has 6 aromatic rings. The molecule has 0 aliphatic rings. The largest absolute Gasteiger partial charge is 0.493 e. The molecule has 6 rings (SSSR count). The minimum Gasteiger partial charge on any atom is -0.493 e. The van der Waals surface area contributed by atoms with E-state index < -0.39 is 16.0 Å². The topological polar surface area (TPSA) is 97.6 Å². The number of aromatic carboxylic acids is 1. The van der Waals surface area contributed by atoms with Gasteiger partial charge < -0.3 is 14.4 Å². The monoisotopic (exact) mass is 746 g/mol. The van der Waals surface area contributed by atoms with Gasteiger partial charge in [0, 0.05) is 45.5 Å². The number of hydrogen-bond acceptors (Lipinski definition) is 4. The second-order valence-electron chi connectivity index (χ2n) is 11.8. The summed E-state index contributed by atoms with van der Waals surface area (Å²) in [5, 5.41) is 11.6. The minimum absolute atomic E-state index is 0.126. The maximum atomic E-state index is 13.3. The second-order valence-corrected chi connectivity index (χ2v) is 14.9. The van der Waals surface area contributed by atoms with Crippen molar-refractivity contribution in [2.75, 3.05) is 13.2 Å². The smallest absolute Gasteiger partial charge is 0.335 e. The Labute approximate surface area is 306 Å². The van der Waals surface area contributed by atoms with Gasteiger partial charge in [-0.25, -0.2) is 17.9 Å². The van der Waals surface area contributed by atoms with Gasteiger partial charge in [0.25, 0.3) is 0 Å². The van der Waals surface area contributed by atoms with Gasteiger partial charge in [0.15, 0.2) is 0 Å². The maximum Gasteiger partial charge on any atom is 0.335 e. The molecule has 0 aliphatic heterocycles. The molecule has 0 fully saturated rings. The number of nitrogens with zero attached hydrogens (tertiary/aromatic N) is 1. The number of hydrogen-bond donors (Lipinski definition) is 2. The summed E-state index contributed by atoms with van der Waals surface area (Å²) in [4.78, 5) is 11.3. The molecule has 0 unspecified atom stereocenters. The number of benzene rings is 5. The molecule has 1 aromatic heterocycles. The van der Waals surface area contributed by atoms with Crippen LogP contribution in [0.2, 0.25) is 15.1 Å². The van der Waals surface area contributed by atoms with Crippen molar-refractivity contribution < 1.29 is 23.1 Å². The molecule has 0 saturated carbocycles. The molecule has 0 atom stereocenters. The van der Waals surface area contributed by atoms with Crippen LogP contribution in [-0.4, -0.2) is 37.2 Å². The SMILES string of the molecule is O=C(O)c1ccc(OCCc2c(CCNS(=O)(=O)Cc3cc(Cl)cc(Cl)c3)n(C(c3ccccc3)c3ccccc3)c3cc(Cl)ccc23)cc1. The van der Waals surface area contributed by atoms with Crippen LogP contribution in [0.4, 0.5) is 0 Å². The highest BCUT2D eigenvalue weighted by Crippen LogP contribution is 2.38. The molecule has 11 heteroatoms. The van der Waals surface area contributed by atoms with Crippen molar-refractivity contribution in [3.05, 3.63) is 170 Å². The van der Waals surface area contributed by atoms with Crippen molar-refractivity contribution >= 4 is 61.7 Å². The zero-order valence-electron chi connectivity index (χ0n) is 26.7. The molecule has 50 heavy (non-hydrogen) atoms. The third-order valence-corrected chi connectivity index (χ3v) is 10.4. The lowest BCUT2D eigenvalue weighted by Gasteiger charge is -2.25. The average molecular weight is 748 g/mol. The first-order valence-corrected chi connectivity index (χ1v) is 18.7. The van der Waals surface area contributed by atoms with Gasteiger partial charge in [0.2, 0.25) is 10.0 Å². The van der Waals surface area contributed by atoms with Gasteiger partial charge in [0.1, 0.15) is 5.75 Å². The molecule has 0 spiro atoms. The van der Waals surface area contributed by atoms with E-state index >= 15 is 0 Å². The number of ether oxygens (including phenoxy) is 1.